The van der Waals surface area contributed by atoms with Crippen LogP contribution >= 0.6 is 0 Å². The highest BCUT2D eigenvalue weighted by molar-refractivity contribution is 6.60. The molecule has 0 fully saturated rings. The van der Waals surface area contributed by atoms with E-state index >= 15 is 0 Å². The van der Waals surface area contributed by atoms with E-state index in [9.17, 15) is 0 Å². The number of hydrogen-bond acceptors (Lipinski definition) is 4. The third-order valence-corrected chi connectivity index (χ3v) is 5.67. The van der Waals surface area contributed by atoms with E-state index in [2.05, 4.69) is 5.32 Å². The van der Waals surface area contributed by atoms with Crippen LogP contribution in [0.15, 0.2) is 30.3 Å². The summed E-state index contributed by atoms with van der Waals surface area (Å²) in [5.41, 5.74) is 1.11. The van der Waals surface area contributed by atoms with Crippen LogP contribution in [0.5, 0.6) is 0 Å². The fraction of sp³-hybridized carbons (Fsp3) is 0.571. The first-order chi connectivity index (χ1) is 9.26. The van der Waals surface area contributed by atoms with E-state index in [4.69, 9.17) is 13.3 Å². The van der Waals surface area contributed by atoms with Gasteiger partial charge in [-0.05, 0) is 32.9 Å². The van der Waals surface area contributed by atoms with Gasteiger partial charge in [-0.2, -0.15) is 0 Å². The molecule has 0 heterocycles. The molecule has 4 nitrogen and oxygen atoms in total. The second-order valence-electron chi connectivity index (χ2n) is 4.02. The van der Waals surface area contributed by atoms with Gasteiger partial charge in [0, 0.05) is 38.1 Å². The third-order valence-electron chi connectivity index (χ3n) is 2.63. The van der Waals surface area contributed by atoms with E-state index in [1.807, 2.05) is 51.1 Å². The van der Waals surface area contributed by atoms with E-state index < -0.39 is 8.80 Å². The van der Waals surface area contributed by atoms with Crippen LogP contribution in [0.1, 0.15) is 20.8 Å². The van der Waals surface area contributed by atoms with Crippen molar-refractivity contribution in [1.29, 1.82) is 0 Å². The molecule has 0 aliphatic carbocycles. The zero-order valence-electron chi connectivity index (χ0n) is 12.1. The summed E-state index contributed by atoms with van der Waals surface area (Å²) in [5, 5.41) is 3.37. The summed E-state index contributed by atoms with van der Waals surface area (Å²) in [7, 11) is -2.51. The van der Waals surface area contributed by atoms with Crippen molar-refractivity contribution in [3.05, 3.63) is 30.3 Å². The molecule has 0 saturated carbocycles. The van der Waals surface area contributed by atoms with Gasteiger partial charge in [0.05, 0.1) is 0 Å². The lowest BCUT2D eigenvalue weighted by atomic mass is 10.3. The fourth-order valence-corrected chi connectivity index (χ4v) is 4.35. The summed E-state index contributed by atoms with van der Waals surface area (Å²) < 4.78 is 17.4. The van der Waals surface area contributed by atoms with Gasteiger partial charge in [-0.1, -0.05) is 18.2 Å². The molecule has 0 radical (unpaired) electrons. The summed E-state index contributed by atoms with van der Waals surface area (Å²) >= 11 is 0. The van der Waals surface area contributed by atoms with E-state index in [1.165, 1.54) is 0 Å². The van der Waals surface area contributed by atoms with E-state index in [0.717, 1.165) is 18.3 Å². The number of benzene rings is 1. The second kappa shape index (κ2) is 9.09. The summed E-state index contributed by atoms with van der Waals surface area (Å²) in [6.07, 6.45) is 0. The maximum Gasteiger partial charge on any atom is 0.502 e. The molecule has 1 N–H and O–H groups in total. The van der Waals surface area contributed by atoms with Gasteiger partial charge in [-0.15, -0.1) is 0 Å². The third kappa shape index (κ3) is 5.73. The Labute approximate surface area is 117 Å². The van der Waals surface area contributed by atoms with Crippen molar-refractivity contribution in [3.8, 4) is 0 Å². The molecule has 0 aliphatic heterocycles. The first-order valence-electron chi connectivity index (χ1n) is 6.97. The van der Waals surface area contributed by atoms with Gasteiger partial charge in [-0.3, -0.25) is 0 Å². The van der Waals surface area contributed by atoms with Crippen molar-refractivity contribution in [1.82, 2.24) is 0 Å². The minimum atomic E-state index is -2.51. The molecule has 19 heavy (non-hydrogen) atoms. The molecule has 0 saturated heterocycles. The van der Waals surface area contributed by atoms with Crippen LogP contribution in [0.4, 0.5) is 5.69 Å². The largest absolute Gasteiger partial charge is 0.502 e. The van der Waals surface area contributed by atoms with E-state index in [0.29, 0.717) is 19.8 Å². The quantitative estimate of drug-likeness (QED) is 0.670. The fourth-order valence-electron chi connectivity index (χ4n) is 1.92. The highest BCUT2D eigenvalue weighted by Crippen LogP contribution is 2.16. The maximum absolute atomic E-state index is 5.80. The van der Waals surface area contributed by atoms with E-state index in [1.54, 1.807) is 0 Å². The highest BCUT2D eigenvalue weighted by Gasteiger charge is 2.39. The molecule has 0 bridgehead atoms. The number of hydrogen-bond donors (Lipinski definition) is 1. The first-order valence-corrected chi connectivity index (χ1v) is 8.90. The zero-order chi connectivity index (χ0) is 14.0. The molecule has 1 rings (SSSR count). The van der Waals surface area contributed by atoms with Crippen molar-refractivity contribution in [2.45, 2.75) is 26.8 Å². The van der Waals surface area contributed by atoms with Crippen molar-refractivity contribution >= 4 is 14.5 Å². The Morgan fingerprint density at radius 1 is 0.895 bits per heavy atom. The Morgan fingerprint density at radius 3 is 1.89 bits per heavy atom. The zero-order valence-corrected chi connectivity index (χ0v) is 13.1. The van der Waals surface area contributed by atoms with Crippen molar-refractivity contribution in [2.75, 3.05) is 31.7 Å². The van der Waals surface area contributed by atoms with Crippen LogP contribution in [-0.4, -0.2) is 35.2 Å². The molecular formula is C14H25NO3Si. The molecule has 0 spiro atoms. The van der Waals surface area contributed by atoms with Crippen LogP contribution in [0.25, 0.3) is 0 Å². The highest BCUT2D eigenvalue weighted by atomic mass is 28.4. The van der Waals surface area contributed by atoms with Crippen LogP contribution in [0, 0.1) is 0 Å². The molecule has 1 aromatic carbocycles. The Bertz CT molecular complexity index is 318. The Kier molecular flexibility index (Phi) is 7.74. The normalized spacial score (nSPS) is 11.5. The minimum Gasteiger partial charge on any atom is -0.385 e. The number of rotatable bonds is 10. The molecule has 0 amide bonds. The Hall–Kier alpha value is -0.883. The Balaban J connectivity index is 2.51. The smallest absolute Gasteiger partial charge is 0.385 e. The average molecular weight is 283 g/mol. The Morgan fingerprint density at radius 2 is 1.42 bits per heavy atom. The van der Waals surface area contributed by atoms with Crippen LogP contribution in [-0.2, 0) is 13.3 Å². The molecule has 0 atom stereocenters. The number of para-hydroxylation sites is 1. The molecule has 108 valence electrons. The summed E-state index contributed by atoms with van der Waals surface area (Å²) in [6, 6.07) is 10.9. The molecule has 1 aromatic rings. The van der Waals surface area contributed by atoms with Gasteiger partial charge in [0.15, 0.2) is 0 Å². The SMILES string of the molecule is CCO[Si](CCNc1ccccc1)(OCC)OCC. The summed E-state index contributed by atoms with van der Waals surface area (Å²) in [6.45, 7) is 8.59. The monoisotopic (exact) mass is 283 g/mol. The molecule has 5 heteroatoms. The van der Waals surface area contributed by atoms with Crippen LogP contribution in [0.3, 0.4) is 0 Å². The minimum absolute atomic E-state index is 0.623. The number of anilines is 1. The number of nitrogens with one attached hydrogen (secondary N) is 1. The average Bonchev–Trinajstić information content (AvgIpc) is 2.41. The standard InChI is InChI=1S/C14H25NO3Si/c1-4-16-19(17-5-2,18-6-3)13-12-15-14-10-8-7-9-11-14/h7-11,15H,4-6,12-13H2,1-3H3. The van der Waals surface area contributed by atoms with Crippen molar-refractivity contribution in [2.24, 2.45) is 0 Å². The predicted molar refractivity (Wildman–Crippen MR) is 80.4 cm³/mol. The second-order valence-corrected chi connectivity index (χ2v) is 6.76. The van der Waals surface area contributed by atoms with Gasteiger partial charge in [0.1, 0.15) is 0 Å². The lowest BCUT2D eigenvalue weighted by Crippen LogP contribution is -2.47. The van der Waals surface area contributed by atoms with Crippen LogP contribution in [0.2, 0.25) is 6.04 Å². The molecule has 0 aliphatic rings. The summed E-state index contributed by atoms with van der Waals surface area (Å²) in [4.78, 5) is 0. The first kappa shape index (κ1) is 16.2. The van der Waals surface area contributed by atoms with Crippen LogP contribution < -0.4 is 5.32 Å². The van der Waals surface area contributed by atoms with Gasteiger partial charge >= 0.3 is 8.80 Å². The van der Waals surface area contributed by atoms with Gasteiger partial charge in [-0.25, -0.2) is 0 Å². The van der Waals surface area contributed by atoms with Gasteiger partial charge in [0.2, 0.25) is 0 Å². The topological polar surface area (TPSA) is 39.7 Å². The van der Waals surface area contributed by atoms with E-state index in [-0.39, 0.29) is 0 Å². The van der Waals surface area contributed by atoms with Gasteiger partial charge < -0.3 is 18.6 Å². The maximum atomic E-state index is 5.80. The predicted octanol–water partition coefficient (Wildman–Crippen LogP) is 3.15. The molecular weight excluding hydrogens is 258 g/mol. The van der Waals surface area contributed by atoms with Crippen molar-refractivity contribution < 1.29 is 13.3 Å². The molecule has 0 unspecified atom stereocenters. The summed E-state index contributed by atoms with van der Waals surface area (Å²) in [5.74, 6) is 0. The lowest BCUT2D eigenvalue weighted by molar-refractivity contribution is 0.0722. The lowest BCUT2D eigenvalue weighted by Gasteiger charge is -2.28. The van der Waals surface area contributed by atoms with Crippen molar-refractivity contribution in [3.63, 3.8) is 0 Å². The van der Waals surface area contributed by atoms with Gasteiger partial charge in [0.25, 0.3) is 0 Å². The molecule has 0 aromatic heterocycles.